The molecule has 1 saturated carbocycles. The van der Waals surface area contributed by atoms with Gasteiger partial charge in [-0.05, 0) is 59.4 Å². The first-order valence-electron chi connectivity index (χ1n) is 9.90. The summed E-state index contributed by atoms with van der Waals surface area (Å²) >= 11 is 0. The van der Waals surface area contributed by atoms with Crippen LogP contribution in [-0.4, -0.2) is 6.61 Å². The predicted molar refractivity (Wildman–Crippen MR) is 123 cm³/mol. The highest BCUT2D eigenvalue weighted by Crippen LogP contribution is 2.40. The lowest BCUT2D eigenvalue weighted by atomic mass is 9.99. The van der Waals surface area contributed by atoms with Gasteiger partial charge in [-0.15, -0.1) is 0 Å². The average molecular weight is 409 g/mol. The molecule has 4 aromatic carbocycles. The fourth-order valence-electron chi connectivity index (χ4n) is 4.04. The van der Waals surface area contributed by atoms with Crippen molar-refractivity contribution in [2.24, 2.45) is 0 Å². The largest absolute Gasteiger partial charge is 0.399 e. The average Bonchev–Trinajstić information content (AvgIpc) is 3.25. The van der Waals surface area contributed by atoms with Crippen molar-refractivity contribution >= 4 is 51.7 Å². The maximum atomic E-state index is 6.32. The number of fused-ring (bicyclic) bond motifs is 7. The van der Waals surface area contributed by atoms with E-state index in [1.807, 2.05) is 37.8 Å². The summed E-state index contributed by atoms with van der Waals surface area (Å²) in [5.41, 5.74) is 1.58. The summed E-state index contributed by atoms with van der Waals surface area (Å²) in [5.74, 6) is 1.10. The lowest BCUT2D eigenvalue weighted by Gasteiger charge is -2.05. The van der Waals surface area contributed by atoms with Crippen molar-refractivity contribution in [2.45, 2.75) is 0 Å². The zero-order chi connectivity index (χ0) is 19.9. The fraction of sp³-hybridized carbons (Fsp3) is 0.0385. The van der Waals surface area contributed by atoms with Gasteiger partial charge in [-0.1, -0.05) is 60.7 Å². The molecule has 1 heterocycles. The van der Waals surface area contributed by atoms with Gasteiger partial charge in [0.2, 0.25) is 0 Å². The molecule has 1 aliphatic carbocycles. The Labute approximate surface area is 175 Å². The SMILES string of the molecule is [CH]1[CH][CH][C](COp2oc3ccc4ccccc4c3c3c(ccc4ccccc43)o2)[CH]1. The van der Waals surface area contributed by atoms with E-state index in [1.165, 1.54) is 10.8 Å². The van der Waals surface area contributed by atoms with Gasteiger partial charge in [0.15, 0.2) is 0 Å². The third-order valence-electron chi connectivity index (χ3n) is 5.45. The van der Waals surface area contributed by atoms with E-state index in [2.05, 4.69) is 60.7 Å². The molecule has 0 spiro atoms. The maximum Gasteiger partial charge on any atom is 0.387 e. The Morgan fingerprint density at radius 1 is 0.633 bits per heavy atom. The van der Waals surface area contributed by atoms with Gasteiger partial charge in [0.1, 0.15) is 11.2 Å². The second kappa shape index (κ2) is 7.50. The van der Waals surface area contributed by atoms with Gasteiger partial charge in [0.05, 0.1) is 6.61 Å². The summed E-state index contributed by atoms with van der Waals surface area (Å²) in [6.07, 6.45) is 8.08. The van der Waals surface area contributed by atoms with E-state index >= 15 is 0 Å². The molecular weight excluding hydrogens is 391 g/mol. The molecule has 0 bridgehead atoms. The van der Waals surface area contributed by atoms with Crippen molar-refractivity contribution in [2.75, 3.05) is 6.61 Å². The summed E-state index contributed by atoms with van der Waals surface area (Å²) in [4.78, 5) is 0. The van der Waals surface area contributed by atoms with Crippen LogP contribution in [0.3, 0.4) is 0 Å². The summed E-state index contributed by atoms with van der Waals surface area (Å²) in [6, 6.07) is 25.0. The molecule has 4 heteroatoms. The quantitative estimate of drug-likeness (QED) is 0.311. The van der Waals surface area contributed by atoms with Gasteiger partial charge in [0, 0.05) is 16.7 Å². The molecular formula is C26H18O3P. The molecule has 0 amide bonds. The molecule has 1 aliphatic rings. The van der Waals surface area contributed by atoms with Crippen LogP contribution >= 0.6 is 8.24 Å². The first-order chi connectivity index (χ1) is 14.9. The van der Waals surface area contributed by atoms with Gasteiger partial charge in [-0.25, -0.2) is 0 Å². The number of benzene rings is 4. The highest BCUT2D eigenvalue weighted by Gasteiger charge is 2.19. The van der Waals surface area contributed by atoms with E-state index in [0.717, 1.165) is 38.6 Å². The predicted octanol–water partition coefficient (Wildman–Crippen LogP) is 7.43. The summed E-state index contributed by atoms with van der Waals surface area (Å²) < 4.78 is 18.7. The van der Waals surface area contributed by atoms with Crippen molar-refractivity contribution in [3.8, 4) is 0 Å². The Kier molecular flexibility index (Phi) is 4.52. The molecule has 1 aromatic heterocycles. The van der Waals surface area contributed by atoms with Crippen LogP contribution in [0.1, 0.15) is 0 Å². The van der Waals surface area contributed by atoms with Crippen LogP contribution in [0.4, 0.5) is 0 Å². The van der Waals surface area contributed by atoms with Crippen molar-refractivity contribution in [3.05, 3.63) is 104 Å². The zero-order valence-corrected chi connectivity index (χ0v) is 17.0. The smallest absolute Gasteiger partial charge is 0.387 e. The lowest BCUT2D eigenvalue weighted by Crippen LogP contribution is -2.04. The van der Waals surface area contributed by atoms with E-state index in [9.17, 15) is 0 Å². The minimum absolute atomic E-state index is 0.449. The minimum atomic E-state index is -1.59. The van der Waals surface area contributed by atoms with E-state index < -0.39 is 8.24 Å². The van der Waals surface area contributed by atoms with E-state index in [4.69, 9.17) is 12.9 Å². The molecule has 0 N–H and O–H groups in total. The highest BCUT2D eigenvalue weighted by atomic mass is 31.1. The maximum absolute atomic E-state index is 6.32. The standard InChI is InChI=1S/C26H18O3P/c1-2-8-18(7-1)17-27-30-28-23-15-13-19-9-3-5-11-21(19)25(23)26-22-12-6-4-10-20(22)14-16-24(26)29-30/h1-16H,17H2. The molecule has 5 radical (unpaired) electrons. The van der Waals surface area contributed by atoms with Gasteiger partial charge < -0.3 is 8.39 Å². The summed E-state index contributed by atoms with van der Waals surface area (Å²) in [6.45, 7) is 0.449. The molecule has 6 rings (SSSR count). The first-order valence-corrected chi connectivity index (χ1v) is 11.0. The topological polar surface area (TPSA) is 35.5 Å². The Morgan fingerprint density at radius 3 is 1.73 bits per heavy atom. The van der Waals surface area contributed by atoms with Gasteiger partial charge in [-0.3, -0.25) is 4.52 Å². The van der Waals surface area contributed by atoms with Crippen LogP contribution in [0.15, 0.2) is 81.2 Å². The van der Waals surface area contributed by atoms with E-state index in [-0.39, 0.29) is 0 Å². The van der Waals surface area contributed by atoms with Crippen LogP contribution in [0.2, 0.25) is 0 Å². The number of hydrogen-bond donors (Lipinski definition) is 0. The molecule has 0 atom stereocenters. The summed E-state index contributed by atoms with van der Waals surface area (Å²) in [7, 11) is -1.59. The molecule has 0 aliphatic heterocycles. The third-order valence-corrected chi connectivity index (χ3v) is 6.48. The van der Waals surface area contributed by atoms with Crippen LogP contribution < -0.4 is 4.52 Å². The van der Waals surface area contributed by atoms with Crippen LogP contribution in [0.5, 0.6) is 0 Å². The van der Waals surface area contributed by atoms with E-state index in [1.54, 1.807) is 0 Å². The monoisotopic (exact) mass is 409 g/mol. The fourth-order valence-corrected chi connectivity index (χ4v) is 5.06. The van der Waals surface area contributed by atoms with Crippen molar-refractivity contribution in [1.82, 2.24) is 0 Å². The zero-order valence-electron chi connectivity index (χ0n) is 16.1. The lowest BCUT2D eigenvalue weighted by molar-refractivity contribution is 0.393. The Balaban J connectivity index is 1.69. The van der Waals surface area contributed by atoms with Gasteiger partial charge in [-0.2, -0.15) is 0 Å². The Bertz CT molecular complexity index is 1320. The third kappa shape index (κ3) is 3.10. The Morgan fingerprint density at radius 2 is 1.17 bits per heavy atom. The van der Waals surface area contributed by atoms with E-state index in [0.29, 0.717) is 6.61 Å². The highest BCUT2D eigenvalue weighted by molar-refractivity contribution is 7.31. The molecule has 30 heavy (non-hydrogen) atoms. The molecule has 0 saturated heterocycles. The molecule has 1 fully saturated rings. The normalized spacial score (nSPS) is 14.9. The van der Waals surface area contributed by atoms with Crippen LogP contribution in [-0.2, 0) is 0 Å². The Hall–Kier alpha value is -2.74. The molecule has 3 nitrogen and oxygen atoms in total. The number of rotatable bonds is 3. The molecule has 0 unspecified atom stereocenters. The number of hydrogen-bond acceptors (Lipinski definition) is 3. The summed E-state index contributed by atoms with van der Waals surface area (Å²) in [5, 5.41) is 6.74. The second-order valence-corrected chi connectivity index (χ2v) is 8.36. The van der Waals surface area contributed by atoms with Crippen LogP contribution in [0.25, 0.3) is 43.5 Å². The van der Waals surface area contributed by atoms with Gasteiger partial charge >= 0.3 is 8.24 Å². The van der Waals surface area contributed by atoms with Crippen molar-refractivity contribution in [3.63, 3.8) is 0 Å². The van der Waals surface area contributed by atoms with Crippen molar-refractivity contribution in [1.29, 1.82) is 0 Å². The molecule has 145 valence electrons. The van der Waals surface area contributed by atoms with Crippen molar-refractivity contribution < 1.29 is 12.9 Å². The van der Waals surface area contributed by atoms with Gasteiger partial charge in [0.25, 0.3) is 0 Å². The first kappa shape index (κ1) is 18.1. The minimum Gasteiger partial charge on any atom is -0.399 e. The second-order valence-electron chi connectivity index (χ2n) is 7.29. The molecule has 5 aromatic rings. The van der Waals surface area contributed by atoms with Crippen LogP contribution in [0, 0.1) is 31.6 Å².